The summed E-state index contributed by atoms with van der Waals surface area (Å²) in [6.45, 7) is 2.57. The molecule has 0 radical (unpaired) electrons. The van der Waals surface area contributed by atoms with Crippen molar-refractivity contribution in [3.8, 4) is 0 Å². The van der Waals surface area contributed by atoms with Crippen LogP contribution in [0.25, 0.3) is 0 Å². The second-order valence-corrected chi connectivity index (χ2v) is 8.29. The average molecular weight is 446 g/mol. The van der Waals surface area contributed by atoms with Gasteiger partial charge in [-0.2, -0.15) is 0 Å². The molecule has 1 aromatic heterocycles. The number of nitrogens with one attached hydrogen (secondary N) is 1. The molecule has 1 N–H and O–H groups in total. The lowest BCUT2D eigenvalue weighted by Crippen LogP contribution is -2.27. The predicted octanol–water partition coefficient (Wildman–Crippen LogP) is 4.53. The highest BCUT2D eigenvalue weighted by molar-refractivity contribution is 9.13. The molecule has 1 amide bonds. The van der Waals surface area contributed by atoms with Gasteiger partial charge in [0.1, 0.15) is 0 Å². The number of hydrogen-bond donors (Lipinski definition) is 1. The summed E-state index contributed by atoms with van der Waals surface area (Å²) < 4.78 is 1.87. The first-order valence-corrected chi connectivity index (χ1v) is 9.42. The van der Waals surface area contributed by atoms with E-state index < -0.39 is 0 Å². The van der Waals surface area contributed by atoms with Gasteiger partial charge >= 0.3 is 0 Å². The van der Waals surface area contributed by atoms with E-state index in [0.29, 0.717) is 6.54 Å². The lowest BCUT2D eigenvalue weighted by atomic mass is 10.2. The summed E-state index contributed by atoms with van der Waals surface area (Å²) in [6, 6.07) is 12.2. The van der Waals surface area contributed by atoms with Gasteiger partial charge < -0.3 is 10.2 Å². The predicted molar refractivity (Wildman–Crippen MR) is 99.4 cm³/mol. The highest BCUT2D eigenvalue weighted by atomic mass is 79.9. The summed E-state index contributed by atoms with van der Waals surface area (Å²) in [4.78, 5) is 15.0. The minimum Gasteiger partial charge on any atom is -0.351 e. The fourth-order valence-corrected chi connectivity index (χ4v) is 4.02. The van der Waals surface area contributed by atoms with Crippen LogP contribution in [0.3, 0.4) is 0 Å². The molecule has 2 aromatic rings. The second-order valence-electron chi connectivity index (χ2n) is 5.07. The lowest BCUT2D eigenvalue weighted by Gasteiger charge is -2.16. The van der Waals surface area contributed by atoms with Gasteiger partial charge in [0.25, 0.3) is 5.91 Å². The maximum absolute atomic E-state index is 12.0. The molecule has 118 valence electrons. The van der Waals surface area contributed by atoms with Crippen molar-refractivity contribution in [3.63, 3.8) is 0 Å². The third kappa shape index (κ3) is 5.50. The van der Waals surface area contributed by atoms with Crippen LogP contribution in [0.4, 0.5) is 0 Å². The van der Waals surface area contributed by atoms with Crippen molar-refractivity contribution in [2.45, 2.75) is 13.0 Å². The molecule has 0 aliphatic heterocycles. The zero-order valence-corrected chi connectivity index (χ0v) is 16.3. The van der Waals surface area contributed by atoms with Crippen molar-refractivity contribution in [1.29, 1.82) is 0 Å². The van der Waals surface area contributed by atoms with E-state index in [1.54, 1.807) is 0 Å². The van der Waals surface area contributed by atoms with Gasteiger partial charge in [0.2, 0.25) is 0 Å². The maximum atomic E-state index is 12.0. The minimum absolute atomic E-state index is 0.0119. The molecule has 0 aliphatic rings. The van der Waals surface area contributed by atoms with Crippen LogP contribution in [0.15, 0.2) is 44.7 Å². The highest BCUT2D eigenvalue weighted by Gasteiger charge is 2.11. The Morgan fingerprint density at radius 2 is 2.00 bits per heavy atom. The molecule has 0 spiro atoms. The van der Waals surface area contributed by atoms with E-state index in [4.69, 9.17) is 0 Å². The lowest BCUT2D eigenvalue weighted by molar-refractivity contribution is 0.0956. The van der Waals surface area contributed by atoms with Gasteiger partial charge in [-0.05, 0) is 63.5 Å². The number of hydrogen-bond acceptors (Lipinski definition) is 3. The summed E-state index contributed by atoms with van der Waals surface area (Å²) in [6.07, 6.45) is 0.933. The fourth-order valence-electron chi connectivity index (χ4n) is 2.07. The van der Waals surface area contributed by atoms with E-state index in [0.717, 1.165) is 32.6 Å². The molecule has 0 atom stereocenters. The standard InChI is InChI=1S/C16H18Br2N2OS/c1-20(11-12-6-3-2-4-7-12)9-5-8-19-16(21)14-10-13(17)15(18)22-14/h2-4,6-7,10H,5,8-9,11H2,1H3,(H,19,21). The molecule has 3 nitrogen and oxygen atoms in total. The third-order valence-electron chi connectivity index (χ3n) is 3.17. The summed E-state index contributed by atoms with van der Waals surface area (Å²) >= 11 is 8.23. The molecule has 0 fully saturated rings. The van der Waals surface area contributed by atoms with Crippen molar-refractivity contribution >= 4 is 49.1 Å². The number of rotatable bonds is 7. The van der Waals surface area contributed by atoms with E-state index in [2.05, 4.69) is 73.4 Å². The van der Waals surface area contributed by atoms with Crippen molar-refractivity contribution in [1.82, 2.24) is 10.2 Å². The fraction of sp³-hybridized carbons (Fsp3) is 0.312. The molecule has 6 heteroatoms. The Hall–Kier alpha value is -0.690. The molecule has 0 aliphatic carbocycles. The van der Waals surface area contributed by atoms with Gasteiger partial charge in [0, 0.05) is 17.6 Å². The largest absolute Gasteiger partial charge is 0.351 e. The van der Waals surface area contributed by atoms with E-state index in [-0.39, 0.29) is 5.91 Å². The molecule has 0 bridgehead atoms. The Morgan fingerprint density at radius 1 is 1.27 bits per heavy atom. The van der Waals surface area contributed by atoms with Crippen LogP contribution < -0.4 is 5.32 Å². The first kappa shape index (κ1) is 17.7. The summed E-state index contributed by atoms with van der Waals surface area (Å²) in [5.41, 5.74) is 1.31. The first-order chi connectivity index (χ1) is 10.6. The number of thiophene rings is 1. The van der Waals surface area contributed by atoms with Crippen molar-refractivity contribution in [2.75, 3.05) is 20.1 Å². The van der Waals surface area contributed by atoms with Gasteiger partial charge in [-0.1, -0.05) is 30.3 Å². The Bertz CT molecular complexity index is 596. The molecule has 22 heavy (non-hydrogen) atoms. The Kier molecular flexibility index (Phi) is 7.08. The van der Waals surface area contributed by atoms with Crippen LogP contribution in [0.5, 0.6) is 0 Å². The molecule has 0 saturated heterocycles. The van der Waals surface area contributed by atoms with Gasteiger partial charge in [-0.25, -0.2) is 0 Å². The average Bonchev–Trinajstić information content (AvgIpc) is 2.84. The topological polar surface area (TPSA) is 32.3 Å². The van der Waals surface area contributed by atoms with Crippen molar-refractivity contribution in [2.24, 2.45) is 0 Å². The van der Waals surface area contributed by atoms with Gasteiger partial charge in [0.15, 0.2) is 0 Å². The molecular formula is C16H18Br2N2OS. The zero-order valence-electron chi connectivity index (χ0n) is 12.3. The monoisotopic (exact) mass is 444 g/mol. The summed E-state index contributed by atoms with van der Waals surface area (Å²) in [7, 11) is 2.10. The molecule has 0 saturated carbocycles. The van der Waals surface area contributed by atoms with E-state index >= 15 is 0 Å². The van der Waals surface area contributed by atoms with Gasteiger partial charge in [-0.3, -0.25) is 4.79 Å². The van der Waals surface area contributed by atoms with Crippen LogP contribution in [0.2, 0.25) is 0 Å². The Labute approximate surface area is 152 Å². The van der Waals surface area contributed by atoms with Crippen LogP contribution in [-0.4, -0.2) is 30.9 Å². The highest BCUT2D eigenvalue weighted by Crippen LogP contribution is 2.32. The SMILES string of the molecule is CN(CCCNC(=O)c1cc(Br)c(Br)s1)Cc1ccccc1. The number of carbonyl (C=O) groups excluding carboxylic acids is 1. The molecule has 1 heterocycles. The van der Waals surface area contributed by atoms with Crippen LogP contribution in [0, 0.1) is 0 Å². The normalized spacial score (nSPS) is 10.9. The summed E-state index contributed by atoms with van der Waals surface area (Å²) in [5, 5.41) is 2.96. The van der Waals surface area contributed by atoms with Gasteiger partial charge in [-0.15, -0.1) is 11.3 Å². The van der Waals surface area contributed by atoms with Crippen molar-refractivity contribution in [3.05, 3.63) is 55.1 Å². The molecule has 0 unspecified atom stereocenters. The van der Waals surface area contributed by atoms with E-state index in [9.17, 15) is 4.79 Å². The van der Waals surface area contributed by atoms with Crippen molar-refractivity contribution < 1.29 is 4.79 Å². The maximum Gasteiger partial charge on any atom is 0.261 e. The smallest absolute Gasteiger partial charge is 0.261 e. The number of carbonyl (C=O) groups is 1. The van der Waals surface area contributed by atoms with Gasteiger partial charge in [0.05, 0.1) is 8.66 Å². The second kappa shape index (κ2) is 8.82. The Balaban J connectivity index is 1.67. The number of amides is 1. The minimum atomic E-state index is -0.0119. The molecular weight excluding hydrogens is 428 g/mol. The van der Waals surface area contributed by atoms with Crippen LogP contribution >= 0.6 is 43.2 Å². The molecule has 1 aromatic carbocycles. The third-order valence-corrected chi connectivity index (χ3v) is 6.42. The van der Waals surface area contributed by atoms with E-state index in [1.165, 1.54) is 16.9 Å². The Morgan fingerprint density at radius 3 is 2.64 bits per heavy atom. The zero-order chi connectivity index (χ0) is 15.9. The van der Waals surface area contributed by atoms with Crippen LogP contribution in [-0.2, 0) is 6.54 Å². The number of halogens is 2. The number of benzene rings is 1. The molecule has 2 rings (SSSR count). The van der Waals surface area contributed by atoms with E-state index in [1.807, 2.05) is 12.1 Å². The first-order valence-electron chi connectivity index (χ1n) is 7.02. The quantitative estimate of drug-likeness (QED) is 0.635. The number of nitrogens with zero attached hydrogens (tertiary/aromatic N) is 1. The summed E-state index contributed by atoms with van der Waals surface area (Å²) in [5.74, 6) is -0.0119. The van der Waals surface area contributed by atoms with Crippen LogP contribution in [0.1, 0.15) is 21.7 Å².